The number of halogens is 1. The van der Waals surface area contributed by atoms with Gasteiger partial charge in [-0.25, -0.2) is 4.98 Å². The summed E-state index contributed by atoms with van der Waals surface area (Å²) in [5.74, 6) is 2.25. The second kappa shape index (κ2) is 6.79. The summed E-state index contributed by atoms with van der Waals surface area (Å²) >= 11 is 7.96. The SMILES string of the molecule is CCOc1cnc2c(-c3nc4ccc5c(c4s3)OC[C@@H](C)O5)cc(Cl)cc2c1. The standard InChI is InChI=1S/C21H17ClN2O3S/c1-3-25-14-7-12-6-13(22)8-15(18(12)23-9-14)21-24-16-4-5-17-19(20(16)28-21)26-10-11(2)27-17/h4-9,11H,3,10H2,1-2H3/t11-/m1/s1. The number of fused-ring (bicyclic) bond motifs is 4. The van der Waals surface area contributed by atoms with E-state index in [4.69, 9.17) is 30.8 Å². The van der Waals surface area contributed by atoms with Crippen LogP contribution in [0, 0.1) is 0 Å². The summed E-state index contributed by atoms with van der Waals surface area (Å²) in [6.07, 6.45) is 1.77. The normalized spacial score (nSPS) is 15.9. The fourth-order valence-electron chi connectivity index (χ4n) is 3.35. The lowest BCUT2D eigenvalue weighted by Crippen LogP contribution is -2.25. The third kappa shape index (κ3) is 2.93. The van der Waals surface area contributed by atoms with Crippen molar-refractivity contribution < 1.29 is 14.2 Å². The number of aromatic nitrogens is 2. The van der Waals surface area contributed by atoms with E-state index in [1.54, 1.807) is 17.5 Å². The van der Waals surface area contributed by atoms with E-state index in [-0.39, 0.29) is 6.10 Å². The molecule has 7 heteroatoms. The van der Waals surface area contributed by atoms with Crippen molar-refractivity contribution in [2.45, 2.75) is 20.0 Å². The zero-order valence-corrected chi connectivity index (χ0v) is 16.9. The number of hydrogen-bond acceptors (Lipinski definition) is 6. The van der Waals surface area contributed by atoms with Crippen LogP contribution in [0.2, 0.25) is 5.02 Å². The van der Waals surface area contributed by atoms with Gasteiger partial charge < -0.3 is 14.2 Å². The highest BCUT2D eigenvalue weighted by Crippen LogP contribution is 2.44. The first-order valence-corrected chi connectivity index (χ1v) is 10.3. The molecule has 3 heterocycles. The van der Waals surface area contributed by atoms with E-state index in [1.807, 2.05) is 44.2 Å². The van der Waals surface area contributed by atoms with Crippen molar-refractivity contribution in [3.63, 3.8) is 0 Å². The van der Waals surface area contributed by atoms with Crippen molar-refractivity contribution in [3.8, 4) is 27.8 Å². The van der Waals surface area contributed by atoms with Crippen LogP contribution in [0.25, 0.3) is 31.7 Å². The van der Waals surface area contributed by atoms with E-state index in [1.165, 1.54) is 0 Å². The molecule has 2 aromatic heterocycles. The van der Waals surface area contributed by atoms with Crippen LogP contribution >= 0.6 is 22.9 Å². The molecule has 0 fully saturated rings. The molecule has 4 aromatic rings. The molecule has 5 nitrogen and oxygen atoms in total. The van der Waals surface area contributed by atoms with E-state index in [2.05, 4.69) is 4.98 Å². The molecule has 0 saturated carbocycles. The van der Waals surface area contributed by atoms with Gasteiger partial charge in [-0.2, -0.15) is 0 Å². The van der Waals surface area contributed by atoms with Crippen molar-refractivity contribution in [2.24, 2.45) is 0 Å². The predicted molar refractivity (Wildman–Crippen MR) is 112 cm³/mol. The monoisotopic (exact) mass is 412 g/mol. The van der Waals surface area contributed by atoms with Crippen LogP contribution in [0.5, 0.6) is 17.2 Å². The molecule has 0 aliphatic carbocycles. The zero-order chi connectivity index (χ0) is 19.3. The molecule has 28 heavy (non-hydrogen) atoms. The molecular weight excluding hydrogens is 396 g/mol. The van der Waals surface area contributed by atoms with Crippen molar-refractivity contribution in [1.82, 2.24) is 9.97 Å². The maximum atomic E-state index is 6.40. The highest BCUT2D eigenvalue weighted by molar-refractivity contribution is 7.22. The number of thiazole rings is 1. The Bertz CT molecular complexity index is 1210. The molecule has 0 N–H and O–H groups in total. The maximum Gasteiger partial charge on any atom is 0.180 e. The number of nitrogens with zero attached hydrogens (tertiary/aromatic N) is 2. The van der Waals surface area contributed by atoms with Gasteiger partial charge in [-0.3, -0.25) is 4.98 Å². The topological polar surface area (TPSA) is 53.5 Å². The minimum Gasteiger partial charge on any atom is -0.492 e. The highest BCUT2D eigenvalue weighted by Gasteiger charge is 2.23. The van der Waals surface area contributed by atoms with Gasteiger partial charge in [-0.1, -0.05) is 11.6 Å². The molecule has 1 atom stereocenters. The van der Waals surface area contributed by atoms with Gasteiger partial charge >= 0.3 is 0 Å². The summed E-state index contributed by atoms with van der Waals surface area (Å²) in [4.78, 5) is 9.43. The van der Waals surface area contributed by atoms with Gasteiger partial charge in [0, 0.05) is 16.0 Å². The summed E-state index contributed by atoms with van der Waals surface area (Å²) in [5.41, 5.74) is 2.60. The average molecular weight is 413 g/mol. The lowest BCUT2D eigenvalue weighted by Gasteiger charge is -2.23. The third-order valence-electron chi connectivity index (χ3n) is 4.53. The Kier molecular flexibility index (Phi) is 4.25. The Morgan fingerprint density at radius 3 is 3.04 bits per heavy atom. The summed E-state index contributed by atoms with van der Waals surface area (Å²) in [6, 6.07) is 9.63. The van der Waals surface area contributed by atoms with Crippen molar-refractivity contribution in [2.75, 3.05) is 13.2 Å². The summed E-state index contributed by atoms with van der Waals surface area (Å²) in [7, 11) is 0. The van der Waals surface area contributed by atoms with Crippen molar-refractivity contribution in [3.05, 3.63) is 41.6 Å². The maximum absolute atomic E-state index is 6.40. The van der Waals surface area contributed by atoms with Gasteiger partial charge in [0.15, 0.2) is 11.5 Å². The lowest BCUT2D eigenvalue weighted by molar-refractivity contribution is 0.106. The van der Waals surface area contributed by atoms with Gasteiger partial charge in [0.05, 0.1) is 23.8 Å². The fraction of sp³-hybridized carbons (Fsp3) is 0.238. The second-order valence-electron chi connectivity index (χ2n) is 6.63. The molecule has 2 aromatic carbocycles. The van der Waals surface area contributed by atoms with Gasteiger partial charge in [0.25, 0.3) is 0 Å². The van der Waals surface area contributed by atoms with Crippen LogP contribution in [-0.2, 0) is 0 Å². The highest BCUT2D eigenvalue weighted by atomic mass is 35.5. The summed E-state index contributed by atoms with van der Waals surface area (Å²) in [6.45, 7) is 5.05. The fourth-order valence-corrected chi connectivity index (χ4v) is 4.65. The molecule has 0 spiro atoms. The Labute approximate surface area is 170 Å². The third-order valence-corrected chi connectivity index (χ3v) is 5.85. The average Bonchev–Trinajstić information content (AvgIpc) is 3.11. The largest absolute Gasteiger partial charge is 0.492 e. The van der Waals surface area contributed by atoms with E-state index in [9.17, 15) is 0 Å². The van der Waals surface area contributed by atoms with Crippen LogP contribution in [0.1, 0.15) is 13.8 Å². The number of ether oxygens (including phenoxy) is 3. The Morgan fingerprint density at radius 1 is 1.29 bits per heavy atom. The van der Waals surface area contributed by atoms with Crippen LogP contribution in [0.4, 0.5) is 0 Å². The lowest BCUT2D eigenvalue weighted by atomic mass is 10.1. The molecule has 1 aliphatic heterocycles. The Hall–Kier alpha value is -2.57. The molecule has 1 aliphatic rings. The molecule has 0 saturated heterocycles. The number of benzene rings is 2. The number of hydrogen-bond donors (Lipinski definition) is 0. The van der Waals surface area contributed by atoms with E-state index in [0.717, 1.165) is 48.9 Å². The van der Waals surface area contributed by atoms with Gasteiger partial charge in [-0.15, -0.1) is 11.3 Å². The molecule has 142 valence electrons. The second-order valence-corrected chi connectivity index (χ2v) is 8.06. The van der Waals surface area contributed by atoms with E-state index in [0.29, 0.717) is 18.2 Å². The zero-order valence-electron chi connectivity index (χ0n) is 15.4. The molecule has 0 amide bonds. The first-order chi connectivity index (χ1) is 13.6. The predicted octanol–water partition coefficient (Wildman–Crippen LogP) is 5.72. The van der Waals surface area contributed by atoms with Crippen LogP contribution in [0.3, 0.4) is 0 Å². The summed E-state index contributed by atoms with van der Waals surface area (Å²) in [5, 5.41) is 2.39. The van der Waals surface area contributed by atoms with Gasteiger partial charge in [-0.05, 0) is 44.2 Å². The molecule has 0 radical (unpaired) electrons. The molecule has 0 bridgehead atoms. The Morgan fingerprint density at radius 2 is 2.18 bits per heavy atom. The van der Waals surface area contributed by atoms with Crippen LogP contribution in [0.15, 0.2) is 36.5 Å². The number of rotatable bonds is 3. The van der Waals surface area contributed by atoms with E-state index >= 15 is 0 Å². The summed E-state index contributed by atoms with van der Waals surface area (Å²) < 4.78 is 18.4. The minimum absolute atomic E-state index is 0.0398. The first-order valence-electron chi connectivity index (χ1n) is 9.08. The molecular formula is C21H17ClN2O3S. The smallest absolute Gasteiger partial charge is 0.180 e. The van der Waals surface area contributed by atoms with Crippen molar-refractivity contribution >= 4 is 44.1 Å². The van der Waals surface area contributed by atoms with E-state index < -0.39 is 0 Å². The molecule has 0 unspecified atom stereocenters. The Balaban J connectivity index is 1.68. The number of pyridine rings is 1. The van der Waals surface area contributed by atoms with Crippen LogP contribution < -0.4 is 14.2 Å². The van der Waals surface area contributed by atoms with Gasteiger partial charge in [0.1, 0.15) is 28.2 Å². The minimum atomic E-state index is 0.0398. The quantitative estimate of drug-likeness (QED) is 0.430. The molecule has 5 rings (SSSR count). The first kappa shape index (κ1) is 17.5. The van der Waals surface area contributed by atoms with Crippen LogP contribution in [-0.4, -0.2) is 29.3 Å². The van der Waals surface area contributed by atoms with Crippen molar-refractivity contribution in [1.29, 1.82) is 0 Å². The van der Waals surface area contributed by atoms with Gasteiger partial charge in [0.2, 0.25) is 0 Å².